The molecule has 0 amide bonds. The number of benzene rings is 1. The topological polar surface area (TPSA) is 83.4 Å². The van der Waals surface area contributed by atoms with Gasteiger partial charge >= 0.3 is 0 Å². The van der Waals surface area contributed by atoms with E-state index in [0.29, 0.717) is 29.3 Å². The highest BCUT2D eigenvalue weighted by Gasteiger charge is 2.14. The summed E-state index contributed by atoms with van der Waals surface area (Å²) >= 11 is 0. The van der Waals surface area contributed by atoms with E-state index in [0.717, 1.165) is 5.56 Å². The smallest absolute Gasteiger partial charge is 0.164 e. The molecule has 0 radical (unpaired) electrons. The molecule has 108 valence electrons. The molecule has 20 heavy (non-hydrogen) atoms. The van der Waals surface area contributed by atoms with E-state index in [9.17, 15) is 0 Å². The molecule has 0 saturated heterocycles. The molecule has 2 N–H and O–H groups in total. The summed E-state index contributed by atoms with van der Waals surface area (Å²) in [5.41, 5.74) is 8.26. The Labute approximate surface area is 117 Å². The molecule has 6 heteroatoms. The van der Waals surface area contributed by atoms with Gasteiger partial charge in [-0.15, -0.1) is 0 Å². The van der Waals surface area contributed by atoms with Crippen LogP contribution in [0.3, 0.4) is 0 Å². The minimum absolute atomic E-state index is 0.0416. The van der Waals surface area contributed by atoms with Gasteiger partial charge in [-0.3, -0.25) is 0 Å². The van der Waals surface area contributed by atoms with Crippen LogP contribution in [0.1, 0.15) is 23.9 Å². The van der Waals surface area contributed by atoms with Crippen molar-refractivity contribution in [2.24, 2.45) is 5.73 Å². The molecule has 0 aliphatic carbocycles. The predicted molar refractivity (Wildman–Crippen MR) is 73.7 cm³/mol. The SMILES string of the molecule is COc1cccc(CC(C)N)c1OCc1nonc1C. The molecule has 2 rings (SSSR count). The molecule has 6 nitrogen and oxygen atoms in total. The minimum Gasteiger partial charge on any atom is -0.493 e. The van der Waals surface area contributed by atoms with E-state index in [-0.39, 0.29) is 12.6 Å². The van der Waals surface area contributed by atoms with E-state index in [1.165, 1.54) is 0 Å². The van der Waals surface area contributed by atoms with E-state index in [4.69, 9.17) is 15.2 Å². The largest absolute Gasteiger partial charge is 0.493 e. The summed E-state index contributed by atoms with van der Waals surface area (Å²) in [7, 11) is 1.61. The standard InChI is InChI=1S/C14H19N3O3/c1-9(15)7-11-5-4-6-13(18-3)14(11)19-8-12-10(2)16-20-17-12/h4-6,9H,7-8,15H2,1-3H3. The highest BCUT2D eigenvalue weighted by Crippen LogP contribution is 2.32. The van der Waals surface area contributed by atoms with Crippen molar-refractivity contribution in [3.63, 3.8) is 0 Å². The average molecular weight is 277 g/mol. The fourth-order valence-electron chi connectivity index (χ4n) is 1.91. The first-order chi connectivity index (χ1) is 9.61. The fraction of sp³-hybridized carbons (Fsp3) is 0.429. The lowest BCUT2D eigenvalue weighted by Crippen LogP contribution is -2.18. The van der Waals surface area contributed by atoms with Crippen LogP contribution in [-0.2, 0) is 13.0 Å². The number of hydrogen-bond acceptors (Lipinski definition) is 6. The van der Waals surface area contributed by atoms with Crippen LogP contribution in [0.2, 0.25) is 0 Å². The lowest BCUT2D eigenvalue weighted by molar-refractivity contribution is 0.258. The Morgan fingerprint density at radius 1 is 1.35 bits per heavy atom. The van der Waals surface area contributed by atoms with Crippen LogP contribution in [0.5, 0.6) is 11.5 Å². The summed E-state index contributed by atoms with van der Waals surface area (Å²) in [6, 6.07) is 5.80. The highest BCUT2D eigenvalue weighted by atomic mass is 16.6. The second kappa shape index (κ2) is 6.38. The summed E-state index contributed by atoms with van der Waals surface area (Å²) in [4.78, 5) is 0. The molecule has 0 aliphatic heterocycles. The van der Waals surface area contributed by atoms with Crippen molar-refractivity contribution in [1.29, 1.82) is 0 Å². The zero-order valence-electron chi connectivity index (χ0n) is 11.9. The van der Waals surface area contributed by atoms with Crippen molar-refractivity contribution in [2.75, 3.05) is 7.11 Å². The van der Waals surface area contributed by atoms with Gasteiger partial charge < -0.3 is 15.2 Å². The second-order valence-corrected chi connectivity index (χ2v) is 4.71. The molecule has 1 unspecified atom stereocenters. The third-order valence-electron chi connectivity index (χ3n) is 2.92. The lowest BCUT2D eigenvalue weighted by atomic mass is 10.1. The first-order valence-electron chi connectivity index (χ1n) is 6.44. The third kappa shape index (κ3) is 3.27. The number of methoxy groups -OCH3 is 1. The summed E-state index contributed by atoms with van der Waals surface area (Å²) in [6.45, 7) is 4.05. The molecule has 0 aliphatic rings. The van der Waals surface area contributed by atoms with Crippen LogP contribution >= 0.6 is 0 Å². The summed E-state index contributed by atoms with van der Waals surface area (Å²) in [6.07, 6.45) is 0.711. The quantitative estimate of drug-likeness (QED) is 0.867. The van der Waals surface area contributed by atoms with Crippen molar-refractivity contribution in [3.05, 3.63) is 35.2 Å². The van der Waals surface area contributed by atoms with Crippen LogP contribution < -0.4 is 15.2 Å². The van der Waals surface area contributed by atoms with Gasteiger partial charge in [0.25, 0.3) is 0 Å². The Hall–Kier alpha value is -2.08. The maximum atomic E-state index is 5.87. The maximum Gasteiger partial charge on any atom is 0.164 e. The molecule has 0 spiro atoms. The number of nitrogens with two attached hydrogens (primary N) is 1. The van der Waals surface area contributed by atoms with Gasteiger partial charge in [0.05, 0.1) is 7.11 Å². The number of aryl methyl sites for hydroxylation is 1. The molecule has 2 aromatic rings. The summed E-state index contributed by atoms with van der Waals surface area (Å²) < 4.78 is 15.8. The van der Waals surface area contributed by atoms with Crippen molar-refractivity contribution in [1.82, 2.24) is 10.3 Å². The zero-order valence-corrected chi connectivity index (χ0v) is 11.9. The molecule has 0 saturated carbocycles. The van der Waals surface area contributed by atoms with E-state index in [2.05, 4.69) is 14.9 Å². The monoisotopic (exact) mass is 277 g/mol. The van der Waals surface area contributed by atoms with Gasteiger partial charge in [-0.25, -0.2) is 4.63 Å². The van der Waals surface area contributed by atoms with Crippen LogP contribution in [0.15, 0.2) is 22.8 Å². The highest BCUT2D eigenvalue weighted by molar-refractivity contribution is 5.47. The number of hydrogen-bond donors (Lipinski definition) is 1. The number of aromatic nitrogens is 2. The molecule has 0 bridgehead atoms. The first kappa shape index (κ1) is 14.3. The molecule has 0 fully saturated rings. The van der Waals surface area contributed by atoms with Crippen LogP contribution in [0, 0.1) is 6.92 Å². The second-order valence-electron chi connectivity index (χ2n) is 4.71. The number of para-hydroxylation sites is 1. The first-order valence-corrected chi connectivity index (χ1v) is 6.44. The van der Waals surface area contributed by atoms with E-state index in [1.54, 1.807) is 7.11 Å². The molecule has 1 aromatic carbocycles. The van der Waals surface area contributed by atoms with Crippen molar-refractivity contribution in [3.8, 4) is 11.5 Å². The van der Waals surface area contributed by atoms with Gasteiger partial charge in [0, 0.05) is 6.04 Å². The van der Waals surface area contributed by atoms with Gasteiger partial charge in [-0.05, 0) is 31.9 Å². The van der Waals surface area contributed by atoms with Crippen LogP contribution in [0.25, 0.3) is 0 Å². The molecule has 1 aromatic heterocycles. The Balaban J connectivity index is 2.21. The van der Waals surface area contributed by atoms with Gasteiger partial charge in [0.1, 0.15) is 18.0 Å². The number of ether oxygens (including phenoxy) is 2. The number of rotatable bonds is 6. The van der Waals surface area contributed by atoms with Gasteiger partial charge in [-0.1, -0.05) is 22.4 Å². The summed E-state index contributed by atoms with van der Waals surface area (Å²) in [5, 5.41) is 7.53. The van der Waals surface area contributed by atoms with Gasteiger partial charge in [-0.2, -0.15) is 0 Å². The minimum atomic E-state index is 0.0416. The van der Waals surface area contributed by atoms with Crippen LogP contribution in [0.4, 0.5) is 0 Å². The predicted octanol–water partition coefficient (Wildman–Crippen LogP) is 1.86. The van der Waals surface area contributed by atoms with Crippen molar-refractivity contribution >= 4 is 0 Å². The van der Waals surface area contributed by atoms with E-state index in [1.807, 2.05) is 32.0 Å². The Morgan fingerprint density at radius 2 is 2.15 bits per heavy atom. The lowest BCUT2D eigenvalue weighted by Gasteiger charge is -2.15. The van der Waals surface area contributed by atoms with Crippen molar-refractivity contribution < 1.29 is 14.1 Å². The van der Waals surface area contributed by atoms with E-state index >= 15 is 0 Å². The Kier molecular flexibility index (Phi) is 4.57. The fourth-order valence-corrected chi connectivity index (χ4v) is 1.91. The Bertz CT molecular complexity index is 567. The normalized spacial score (nSPS) is 12.2. The molecule has 1 atom stereocenters. The third-order valence-corrected chi connectivity index (χ3v) is 2.92. The van der Waals surface area contributed by atoms with Crippen LogP contribution in [-0.4, -0.2) is 23.5 Å². The zero-order chi connectivity index (χ0) is 14.5. The number of nitrogens with zero attached hydrogens (tertiary/aromatic N) is 2. The van der Waals surface area contributed by atoms with E-state index < -0.39 is 0 Å². The Morgan fingerprint density at radius 3 is 2.75 bits per heavy atom. The van der Waals surface area contributed by atoms with Gasteiger partial charge in [0.15, 0.2) is 11.5 Å². The van der Waals surface area contributed by atoms with Gasteiger partial charge in [0.2, 0.25) is 0 Å². The van der Waals surface area contributed by atoms with Crippen molar-refractivity contribution in [2.45, 2.75) is 32.9 Å². The molecule has 1 heterocycles. The summed E-state index contributed by atoms with van der Waals surface area (Å²) in [5.74, 6) is 1.37. The molecular formula is C14H19N3O3. The maximum absolute atomic E-state index is 5.87. The average Bonchev–Trinajstić information content (AvgIpc) is 2.82. The molecular weight excluding hydrogens is 258 g/mol.